The summed E-state index contributed by atoms with van der Waals surface area (Å²) in [5, 5.41) is 0.731. The number of nitrogens with zero attached hydrogens (tertiary/aromatic N) is 2. The Morgan fingerprint density at radius 2 is 2.04 bits per heavy atom. The van der Waals surface area contributed by atoms with Crippen molar-refractivity contribution in [1.29, 1.82) is 0 Å². The molecule has 2 aliphatic heterocycles. The van der Waals surface area contributed by atoms with Crippen LogP contribution in [-0.4, -0.2) is 61.1 Å². The molecule has 2 heterocycles. The molecular formula is C35H44ClN3O6S. The van der Waals surface area contributed by atoms with E-state index in [1.54, 1.807) is 46.1 Å². The van der Waals surface area contributed by atoms with Crippen LogP contribution in [-0.2, 0) is 40.8 Å². The number of carbonyl (C=O) groups excluding carboxylic acids is 2. The van der Waals surface area contributed by atoms with Gasteiger partial charge in [-0.3, -0.25) is 14.3 Å². The summed E-state index contributed by atoms with van der Waals surface area (Å²) in [5.74, 6) is 0.114. The molecule has 1 spiro atoms. The number of aryl methyl sites for hydroxylation is 1. The fourth-order valence-electron chi connectivity index (χ4n) is 7.29. The van der Waals surface area contributed by atoms with E-state index < -0.39 is 27.3 Å². The Morgan fingerprint density at radius 3 is 2.78 bits per heavy atom. The summed E-state index contributed by atoms with van der Waals surface area (Å²) in [6.07, 6.45) is 8.92. The third kappa shape index (κ3) is 6.33. The fraction of sp³-hybridized carbons (Fsp3) is 0.543. The SMILES string of the molecule is CCC(=O)N[S@]1(=O)=NC(=O)C(C)(C)OC/C=C/[C@H](OC)[C@@H]2CC[C@H]2CN2C[C@@]3(CCCc4cc(Cl)ccc43)COc3ccc1cc32. The molecule has 1 N–H and O–H groups in total. The Hall–Kier alpha value is -2.92. The molecular weight excluding hydrogens is 626 g/mol. The van der Waals surface area contributed by atoms with E-state index >= 15 is 0 Å². The molecule has 5 atom stereocenters. The second-order valence-corrected chi connectivity index (χ2v) is 15.8. The van der Waals surface area contributed by atoms with Gasteiger partial charge in [0.05, 0.1) is 29.9 Å². The lowest BCUT2D eigenvalue weighted by molar-refractivity contribution is -0.137. The largest absolute Gasteiger partial charge is 0.490 e. The zero-order valence-corrected chi connectivity index (χ0v) is 28.6. The Labute approximate surface area is 277 Å². The van der Waals surface area contributed by atoms with Crippen LogP contribution in [0.1, 0.15) is 64.0 Å². The number of nitrogens with one attached hydrogen (secondary N) is 1. The monoisotopic (exact) mass is 669 g/mol. The first-order valence-electron chi connectivity index (χ1n) is 16.2. The van der Waals surface area contributed by atoms with E-state index in [2.05, 4.69) is 26.1 Å². The molecule has 0 radical (unpaired) electrons. The summed E-state index contributed by atoms with van der Waals surface area (Å²) in [4.78, 5) is 28.8. The minimum atomic E-state index is -3.71. The zero-order valence-electron chi connectivity index (χ0n) is 27.1. The van der Waals surface area contributed by atoms with Crippen LogP contribution in [0, 0.1) is 11.8 Å². The quantitative estimate of drug-likeness (QED) is 0.399. The van der Waals surface area contributed by atoms with E-state index in [1.165, 1.54) is 11.1 Å². The average molecular weight is 670 g/mol. The maximum absolute atomic E-state index is 14.6. The highest BCUT2D eigenvalue weighted by atomic mass is 35.5. The number of carbonyl (C=O) groups is 2. The number of halogens is 1. The highest BCUT2D eigenvalue weighted by Crippen LogP contribution is 2.47. The van der Waals surface area contributed by atoms with Gasteiger partial charge in [-0.05, 0) is 99.2 Å². The molecule has 2 aromatic carbocycles. The van der Waals surface area contributed by atoms with Gasteiger partial charge in [-0.15, -0.1) is 4.36 Å². The van der Waals surface area contributed by atoms with Crippen molar-refractivity contribution in [3.8, 4) is 5.75 Å². The predicted octanol–water partition coefficient (Wildman–Crippen LogP) is 6.01. The number of benzene rings is 2. The average Bonchev–Trinajstić information content (AvgIpc) is 3.16. The van der Waals surface area contributed by atoms with Gasteiger partial charge < -0.3 is 19.1 Å². The normalized spacial score (nSPS) is 31.3. The molecule has 2 bridgehead atoms. The molecule has 6 rings (SSSR count). The molecule has 4 aliphatic rings. The standard InChI is InChI=1S/C35H44ClN3O6S/c1-5-32(40)37-46(42)26-12-15-31-29(19-26)39(21-35(22-44-31)16-6-8-23-18-25(36)11-14-28(23)35)20-24-10-13-27(24)30(43-4)9-7-17-45-34(2,3)33(41)38-46/h7,9,11-12,14-15,18-19,24,27,30H,5-6,8,10,13,16-17,20-22H2,1-4H3,(H,37,38,40,41,42)/b9-7+/t24-,27+,30-,35-,46-/m0/s1. The van der Waals surface area contributed by atoms with Crippen LogP contribution in [0.3, 0.4) is 0 Å². The van der Waals surface area contributed by atoms with Gasteiger partial charge in [-0.1, -0.05) is 36.7 Å². The van der Waals surface area contributed by atoms with E-state index in [4.69, 9.17) is 25.8 Å². The molecule has 0 unspecified atom stereocenters. The number of hydrogen-bond donors (Lipinski definition) is 1. The number of fused-ring (bicyclic) bond motifs is 4. The molecule has 11 heteroatoms. The maximum Gasteiger partial charge on any atom is 0.287 e. The van der Waals surface area contributed by atoms with Crippen molar-refractivity contribution >= 4 is 39.0 Å². The minimum Gasteiger partial charge on any atom is -0.490 e. The summed E-state index contributed by atoms with van der Waals surface area (Å²) in [6, 6.07) is 11.4. The first-order chi connectivity index (χ1) is 22.0. The molecule has 2 aliphatic carbocycles. The van der Waals surface area contributed by atoms with E-state index in [0.717, 1.165) is 49.4 Å². The second kappa shape index (κ2) is 12.9. The van der Waals surface area contributed by atoms with E-state index in [-0.39, 0.29) is 29.4 Å². The smallest absolute Gasteiger partial charge is 0.287 e. The first kappa shape index (κ1) is 33.0. The molecule has 248 valence electrons. The molecule has 1 fully saturated rings. The molecule has 2 amide bonds. The van der Waals surface area contributed by atoms with Gasteiger partial charge >= 0.3 is 0 Å². The third-order valence-corrected chi connectivity index (χ3v) is 12.2. The lowest BCUT2D eigenvalue weighted by atomic mass is 9.68. The summed E-state index contributed by atoms with van der Waals surface area (Å²) in [6.45, 7) is 6.92. The van der Waals surface area contributed by atoms with Crippen LogP contribution in [0.25, 0.3) is 0 Å². The van der Waals surface area contributed by atoms with Crippen molar-refractivity contribution in [2.75, 3.05) is 38.3 Å². The number of amides is 2. The van der Waals surface area contributed by atoms with Crippen LogP contribution in [0.15, 0.2) is 57.8 Å². The van der Waals surface area contributed by atoms with Crippen molar-refractivity contribution < 1.29 is 28.0 Å². The Balaban J connectivity index is 1.51. The van der Waals surface area contributed by atoms with E-state index in [1.807, 2.05) is 18.2 Å². The highest BCUT2D eigenvalue weighted by molar-refractivity contribution is 7.92. The first-order valence-corrected chi connectivity index (χ1v) is 18.1. The fourth-order valence-corrected chi connectivity index (χ4v) is 9.19. The van der Waals surface area contributed by atoms with Crippen LogP contribution in [0.5, 0.6) is 5.75 Å². The van der Waals surface area contributed by atoms with Crippen LogP contribution in [0.2, 0.25) is 5.02 Å². The molecule has 0 aromatic heterocycles. The van der Waals surface area contributed by atoms with Gasteiger partial charge in [0.2, 0.25) is 5.91 Å². The maximum atomic E-state index is 14.6. The van der Waals surface area contributed by atoms with E-state index in [0.29, 0.717) is 30.7 Å². The predicted molar refractivity (Wildman–Crippen MR) is 179 cm³/mol. The van der Waals surface area contributed by atoms with Gasteiger partial charge in [0, 0.05) is 37.1 Å². The summed E-state index contributed by atoms with van der Waals surface area (Å²) < 4.78 is 39.9. The summed E-state index contributed by atoms with van der Waals surface area (Å²) in [7, 11) is -1.98. The van der Waals surface area contributed by atoms with Gasteiger partial charge in [-0.25, -0.2) is 4.21 Å². The summed E-state index contributed by atoms with van der Waals surface area (Å²) >= 11 is 6.44. The minimum absolute atomic E-state index is 0.0846. The zero-order chi connectivity index (χ0) is 32.7. The van der Waals surface area contributed by atoms with Crippen molar-refractivity contribution in [1.82, 2.24) is 4.72 Å². The Bertz CT molecular complexity index is 1670. The molecule has 46 heavy (non-hydrogen) atoms. The van der Waals surface area contributed by atoms with Crippen LogP contribution >= 0.6 is 11.6 Å². The topological polar surface area (TPSA) is 107 Å². The van der Waals surface area contributed by atoms with E-state index in [9.17, 15) is 13.8 Å². The Morgan fingerprint density at radius 1 is 1.22 bits per heavy atom. The Kier molecular flexibility index (Phi) is 9.28. The van der Waals surface area contributed by atoms with Gasteiger partial charge in [0.25, 0.3) is 5.91 Å². The number of anilines is 1. The van der Waals surface area contributed by atoms with Crippen molar-refractivity contribution in [2.24, 2.45) is 16.2 Å². The van der Waals surface area contributed by atoms with Gasteiger partial charge in [0.1, 0.15) is 11.4 Å². The highest BCUT2D eigenvalue weighted by Gasteiger charge is 2.44. The lowest BCUT2D eigenvalue weighted by Gasteiger charge is -2.46. The number of rotatable bonds is 3. The van der Waals surface area contributed by atoms with Crippen molar-refractivity contribution in [3.05, 3.63) is 64.7 Å². The molecule has 0 saturated heterocycles. The van der Waals surface area contributed by atoms with Crippen LogP contribution < -0.4 is 14.4 Å². The van der Waals surface area contributed by atoms with Gasteiger partial charge in [-0.2, -0.15) is 0 Å². The number of ether oxygens (including phenoxy) is 3. The molecule has 1 saturated carbocycles. The second-order valence-electron chi connectivity index (χ2n) is 13.5. The van der Waals surface area contributed by atoms with Crippen LogP contribution in [0.4, 0.5) is 5.69 Å². The summed E-state index contributed by atoms with van der Waals surface area (Å²) in [5.41, 5.74) is 1.62. The number of hydrogen-bond acceptors (Lipinski definition) is 7. The molecule has 9 nitrogen and oxygen atoms in total. The van der Waals surface area contributed by atoms with Crippen molar-refractivity contribution in [2.45, 2.75) is 81.3 Å². The molecule has 2 aromatic rings. The van der Waals surface area contributed by atoms with Gasteiger partial charge in [0.15, 0.2) is 9.92 Å². The lowest BCUT2D eigenvalue weighted by Crippen LogP contribution is -2.49. The number of methoxy groups -OCH3 is 1. The van der Waals surface area contributed by atoms with Crippen molar-refractivity contribution in [3.63, 3.8) is 0 Å². The third-order valence-electron chi connectivity index (χ3n) is 10.1.